The molecule has 2 unspecified atom stereocenters. The number of carboxylic acids is 2. The number of carbonyl (C=O) groups is 2. The Morgan fingerprint density at radius 2 is 1.77 bits per heavy atom. The van der Waals surface area contributed by atoms with E-state index >= 15 is 0 Å². The van der Waals surface area contributed by atoms with Gasteiger partial charge in [0.05, 0.1) is 0 Å². The molecule has 0 radical (unpaired) electrons. The van der Waals surface area contributed by atoms with Crippen molar-refractivity contribution < 1.29 is 19.8 Å². The summed E-state index contributed by atoms with van der Waals surface area (Å²) < 4.78 is 0. The Morgan fingerprint density at radius 3 is 2.36 bits per heavy atom. The fraction of sp³-hybridized carbons (Fsp3) is 0.529. The van der Waals surface area contributed by atoms with E-state index in [1.165, 1.54) is 38.6 Å². The fourth-order valence-electron chi connectivity index (χ4n) is 3.75. The zero-order chi connectivity index (χ0) is 16.2. The van der Waals surface area contributed by atoms with Gasteiger partial charge in [0.15, 0.2) is 0 Å². The van der Waals surface area contributed by atoms with Crippen LogP contribution in [0.5, 0.6) is 0 Å². The van der Waals surface area contributed by atoms with Crippen LogP contribution in [0, 0.1) is 0 Å². The molecule has 5 heteroatoms. The van der Waals surface area contributed by atoms with Gasteiger partial charge in [0.25, 0.3) is 0 Å². The molecule has 120 valence electrons. The molecule has 0 spiro atoms. The van der Waals surface area contributed by atoms with Crippen molar-refractivity contribution in [2.75, 3.05) is 13.6 Å². The van der Waals surface area contributed by atoms with Crippen molar-refractivity contribution in [1.29, 1.82) is 0 Å². The standard InChI is InChI=1S/C15H21N.C2H2O4/c1-16-11-5-9-15(10-8-14(16)12-15)13-6-3-2-4-7-13;3-1(4)2(5)6/h2-4,6-7,14H,5,8-12H2,1H3;(H,3,4)(H,5,6). The highest BCUT2D eigenvalue weighted by atomic mass is 16.4. The Labute approximate surface area is 130 Å². The lowest BCUT2D eigenvalue weighted by Gasteiger charge is -2.28. The van der Waals surface area contributed by atoms with Gasteiger partial charge in [0.2, 0.25) is 0 Å². The maximum atomic E-state index is 9.10. The van der Waals surface area contributed by atoms with E-state index in [9.17, 15) is 0 Å². The molecule has 1 aliphatic carbocycles. The van der Waals surface area contributed by atoms with Gasteiger partial charge in [-0.1, -0.05) is 30.3 Å². The van der Waals surface area contributed by atoms with E-state index in [0.717, 1.165) is 6.04 Å². The molecule has 5 nitrogen and oxygen atoms in total. The summed E-state index contributed by atoms with van der Waals surface area (Å²) in [5.41, 5.74) is 2.10. The second kappa shape index (κ2) is 6.92. The molecule has 2 bridgehead atoms. The molecule has 1 aromatic rings. The average Bonchev–Trinajstić information content (AvgIpc) is 2.86. The molecule has 1 aromatic carbocycles. The van der Waals surface area contributed by atoms with Crippen LogP contribution in [0.2, 0.25) is 0 Å². The number of hydrogen-bond acceptors (Lipinski definition) is 3. The normalized spacial score (nSPS) is 27.4. The first-order valence-electron chi connectivity index (χ1n) is 7.66. The summed E-state index contributed by atoms with van der Waals surface area (Å²) in [4.78, 5) is 20.8. The topological polar surface area (TPSA) is 77.8 Å². The number of hydrogen-bond donors (Lipinski definition) is 2. The summed E-state index contributed by atoms with van der Waals surface area (Å²) in [5.74, 6) is -3.65. The van der Waals surface area contributed by atoms with E-state index in [1.807, 2.05) is 0 Å². The molecule has 22 heavy (non-hydrogen) atoms. The van der Waals surface area contributed by atoms with Gasteiger partial charge in [-0.05, 0) is 56.7 Å². The lowest BCUT2D eigenvalue weighted by molar-refractivity contribution is -0.159. The molecule has 0 aromatic heterocycles. The Kier molecular flexibility index (Phi) is 5.19. The van der Waals surface area contributed by atoms with Gasteiger partial charge in [0.1, 0.15) is 0 Å². The Bertz CT molecular complexity index is 519. The minimum Gasteiger partial charge on any atom is -0.473 e. The zero-order valence-electron chi connectivity index (χ0n) is 12.9. The highest BCUT2D eigenvalue weighted by Crippen LogP contribution is 2.47. The van der Waals surface area contributed by atoms with E-state index in [2.05, 4.69) is 42.3 Å². The second-order valence-corrected chi connectivity index (χ2v) is 6.24. The third-order valence-corrected chi connectivity index (χ3v) is 4.94. The minimum absolute atomic E-state index is 0.511. The van der Waals surface area contributed by atoms with Crippen LogP contribution < -0.4 is 0 Å². The third-order valence-electron chi connectivity index (χ3n) is 4.94. The molecular weight excluding hydrogens is 282 g/mol. The van der Waals surface area contributed by atoms with Crippen LogP contribution in [0.25, 0.3) is 0 Å². The number of carboxylic acid groups (broad SMARTS) is 2. The summed E-state index contributed by atoms with van der Waals surface area (Å²) >= 11 is 0. The van der Waals surface area contributed by atoms with Crippen LogP contribution in [0.4, 0.5) is 0 Å². The number of rotatable bonds is 1. The van der Waals surface area contributed by atoms with E-state index in [0.29, 0.717) is 5.41 Å². The third kappa shape index (κ3) is 3.65. The van der Waals surface area contributed by atoms with Crippen molar-refractivity contribution in [2.45, 2.75) is 43.6 Å². The van der Waals surface area contributed by atoms with Crippen molar-refractivity contribution >= 4 is 11.9 Å². The van der Waals surface area contributed by atoms with Crippen molar-refractivity contribution in [3.05, 3.63) is 35.9 Å². The summed E-state index contributed by atoms with van der Waals surface area (Å²) in [6, 6.07) is 12.1. The van der Waals surface area contributed by atoms with Crippen LogP contribution >= 0.6 is 0 Å². The monoisotopic (exact) mass is 305 g/mol. The second-order valence-electron chi connectivity index (χ2n) is 6.24. The van der Waals surface area contributed by atoms with E-state index in [1.54, 1.807) is 5.56 Å². The molecule has 2 aliphatic rings. The quantitative estimate of drug-likeness (QED) is 0.779. The lowest BCUT2D eigenvalue weighted by atomic mass is 9.75. The smallest absolute Gasteiger partial charge is 0.414 e. The molecular formula is C17H23NO4. The molecule has 1 heterocycles. The SMILES string of the molecule is CN1CCCC2(c3ccccc3)CCC1C2.O=C(O)C(=O)O. The molecule has 1 aliphatic heterocycles. The van der Waals surface area contributed by atoms with Gasteiger partial charge in [-0.15, -0.1) is 0 Å². The predicted octanol–water partition coefficient (Wildman–Crippen LogP) is 2.36. The maximum absolute atomic E-state index is 9.10. The number of fused-ring (bicyclic) bond motifs is 2. The van der Waals surface area contributed by atoms with Gasteiger partial charge in [-0.25, -0.2) is 9.59 Å². The molecule has 2 N–H and O–H groups in total. The van der Waals surface area contributed by atoms with Crippen LogP contribution in [-0.4, -0.2) is 46.7 Å². The molecule has 0 amide bonds. The highest BCUT2D eigenvalue weighted by molar-refractivity contribution is 6.27. The van der Waals surface area contributed by atoms with Crippen molar-refractivity contribution in [3.63, 3.8) is 0 Å². The van der Waals surface area contributed by atoms with Gasteiger partial charge in [-0.2, -0.15) is 0 Å². The number of nitrogens with zero attached hydrogens (tertiary/aromatic N) is 1. The summed E-state index contributed by atoms with van der Waals surface area (Å²) in [5, 5.41) is 14.8. The van der Waals surface area contributed by atoms with Crippen molar-refractivity contribution in [2.24, 2.45) is 0 Å². The largest absolute Gasteiger partial charge is 0.473 e. The first-order chi connectivity index (χ1) is 10.4. The minimum atomic E-state index is -1.82. The molecule has 2 atom stereocenters. The van der Waals surface area contributed by atoms with Gasteiger partial charge < -0.3 is 15.1 Å². The Balaban J connectivity index is 0.000000254. The van der Waals surface area contributed by atoms with E-state index in [4.69, 9.17) is 19.8 Å². The summed E-state index contributed by atoms with van der Waals surface area (Å²) in [6.07, 6.45) is 6.92. The summed E-state index contributed by atoms with van der Waals surface area (Å²) in [6.45, 7) is 1.29. The Hall–Kier alpha value is -1.88. The van der Waals surface area contributed by atoms with Gasteiger partial charge >= 0.3 is 11.9 Å². The van der Waals surface area contributed by atoms with Crippen LogP contribution in [0.1, 0.15) is 37.7 Å². The van der Waals surface area contributed by atoms with Crippen molar-refractivity contribution in [3.8, 4) is 0 Å². The predicted molar refractivity (Wildman–Crippen MR) is 82.9 cm³/mol. The summed E-state index contributed by atoms with van der Waals surface area (Å²) in [7, 11) is 2.30. The highest BCUT2D eigenvalue weighted by Gasteiger charge is 2.43. The number of benzene rings is 1. The lowest BCUT2D eigenvalue weighted by Crippen LogP contribution is -2.29. The van der Waals surface area contributed by atoms with E-state index in [-0.39, 0.29) is 0 Å². The fourth-order valence-corrected chi connectivity index (χ4v) is 3.75. The van der Waals surface area contributed by atoms with Gasteiger partial charge in [-0.3, -0.25) is 0 Å². The van der Waals surface area contributed by atoms with E-state index < -0.39 is 11.9 Å². The van der Waals surface area contributed by atoms with Crippen molar-refractivity contribution in [1.82, 2.24) is 4.90 Å². The van der Waals surface area contributed by atoms with Crippen LogP contribution in [0.15, 0.2) is 30.3 Å². The number of likely N-dealkylation sites (tertiary alicyclic amines) is 1. The van der Waals surface area contributed by atoms with Crippen LogP contribution in [-0.2, 0) is 15.0 Å². The first-order valence-corrected chi connectivity index (χ1v) is 7.66. The van der Waals surface area contributed by atoms with Crippen LogP contribution in [0.3, 0.4) is 0 Å². The first kappa shape index (κ1) is 16.5. The average molecular weight is 305 g/mol. The molecule has 1 saturated heterocycles. The number of aliphatic carboxylic acids is 2. The zero-order valence-corrected chi connectivity index (χ0v) is 12.9. The Morgan fingerprint density at radius 1 is 1.14 bits per heavy atom. The maximum Gasteiger partial charge on any atom is 0.414 e. The molecule has 2 fully saturated rings. The molecule has 1 saturated carbocycles. The van der Waals surface area contributed by atoms with Gasteiger partial charge in [0, 0.05) is 6.04 Å². The molecule has 3 rings (SSSR count).